The fourth-order valence-electron chi connectivity index (χ4n) is 2.28. The van der Waals surface area contributed by atoms with Crippen molar-refractivity contribution in [1.82, 2.24) is 0 Å². The van der Waals surface area contributed by atoms with E-state index in [-0.39, 0.29) is 99.2 Å². The average molecular weight is 1190 g/mol. The van der Waals surface area contributed by atoms with E-state index < -0.39 is 0 Å². The average Bonchev–Trinajstić information content (AvgIpc) is 2.93. The summed E-state index contributed by atoms with van der Waals surface area (Å²) in [6, 6.07) is 30.1. The predicted octanol–water partition coefficient (Wildman–Crippen LogP) is 5.56. The second-order valence-electron chi connectivity index (χ2n) is 6.73. The zero-order chi connectivity index (χ0) is 27.0. The molecule has 0 aliphatic heterocycles. The number of allylic oxidation sites excluding steroid dienone is 2. The fourth-order valence-corrected chi connectivity index (χ4v) is 2.28. The molecule has 3 aromatic rings. The molecule has 0 fully saturated rings. The second-order valence-corrected chi connectivity index (χ2v) is 6.73. The summed E-state index contributed by atoms with van der Waals surface area (Å²) in [5, 5.41) is 2.60. The minimum Gasteiger partial charge on any atom is -0.542 e. The molecule has 0 unspecified atom stereocenters. The van der Waals surface area contributed by atoms with Crippen molar-refractivity contribution in [2.75, 3.05) is 5.32 Å². The minimum atomic E-state index is -0.273. The molecule has 0 saturated heterocycles. The molecule has 0 aliphatic carbocycles. The molecule has 0 aromatic heterocycles. The third kappa shape index (κ3) is 25.2. The van der Waals surface area contributed by atoms with Gasteiger partial charge in [0.25, 0.3) is 0 Å². The number of aryl methyl sites for hydroxylation is 1. The number of carbonyl (C=O) groups is 1. The van der Waals surface area contributed by atoms with Crippen molar-refractivity contribution in [2.24, 2.45) is 0 Å². The predicted molar refractivity (Wildman–Crippen MR) is 144 cm³/mol. The smallest absolute Gasteiger partial charge is 0.542 e. The molecule has 8 heteroatoms. The summed E-state index contributed by atoms with van der Waals surface area (Å²) >= 11 is 0. The normalized spacial score (nSPS) is 7.92. The van der Waals surface area contributed by atoms with Gasteiger partial charge in [-0.25, -0.2) is 19.2 Å². The Morgan fingerprint density at radius 2 is 1.36 bits per heavy atom. The summed E-state index contributed by atoms with van der Waals surface area (Å²) in [7, 11) is 0. The van der Waals surface area contributed by atoms with E-state index in [9.17, 15) is 14.4 Å². The van der Waals surface area contributed by atoms with Gasteiger partial charge in [0.05, 0.1) is 0 Å². The van der Waals surface area contributed by atoms with Crippen LogP contribution in [-0.4, -0.2) is 24.8 Å². The molecule has 0 radical (unpaired) electrons. The van der Waals surface area contributed by atoms with Crippen molar-refractivity contribution < 1.29 is 113 Å². The van der Waals surface area contributed by atoms with Gasteiger partial charge in [-0.3, -0.25) is 11.1 Å². The van der Waals surface area contributed by atoms with E-state index in [1.165, 1.54) is 23.5 Å². The standard InChI is InChI=1S/C12H11NO2.C12H8.C4H5O.C3H3O.3U/c1-2-12(15)13-11-7-3-5-10(9-11)6-4-8-14;1-3-7-11(8-4-1)12-9-5-2-6-10-12;1-4(2)3-5;1-2-3-4;;;/h2-3,5,9H,1,4,6H2,(H,13,15);3-10H;1H2,2H3;2H,1H2;;;/q2*-2;2*-1;3*+2. The first-order valence-corrected chi connectivity index (χ1v) is 10.7. The van der Waals surface area contributed by atoms with Gasteiger partial charge in [0.2, 0.25) is 5.91 Å². The van der Waals surface area contributed by atoms with E-state index in [4.69, 9.17) is 4.79 Å². The van der Waals surface area contributed by atoms with Gasteiger partial charge in [-0.1, -0.05) is 25.6 Å². The number of hydrogen-bond acceptors (Lipinski definition) is 4. The zero-order valence-corrected chi connectivity index (χ0v) is 34.2. The van der Waals surface area contributed by atoms with Crippen LogP contribution in [0.3, 0.4) is 0 Å². The van der Waals surface area contributed by atoms with E-state index in [1.807, 2.05) is 36.6 Å². The molecule has 5 nitrogen and oxygen atoms in total. The number of amides is 1. The van der Waals surface area contributed by atoms with Gasteiger partial charge in [0.1, 0.15) is 0 Å². The van der Waals surface area contributed by atoms with Crippen molar-refractivity contribution in [1.29, 1.82) is 0 Å². The maximum absolute atomic E-state index is 11.0. The first-order chi connectivity index (χ1) is 17.4. The van der Waals surface area contributed by atoms with Crippen LogP contribution in [0.15, 0.2) is 104 Å². The zero-order valence-electron chi connectivity index (χ0n) is 21.7. The second kappa shape index (κ2) is 31.0. The van der Waals surface area contributed by atoms with Crippen LogP contribution in [0.1, 0.15) is 18.9 Å². The SMILES string of the molecule is C=C(C)[C-]=O.C=CC(=O)Nc1[c-]ccc(CC[C-]=O)c1.C=C[C-]=O.[U+2].[U+2].[U+2].[c-]1ccc(-c2cc[c-]cc2)cc1. The molecular weight excluding hydrogens is 1160 g/mol. The Balaban J connectivity index is -0.000000229. The van der Waals surface area contributed by atoms with Crippen LogP contribution in [-0.2, 0) is 25.6 Å². The van der Waals surface area contributed by atoms with Crippen LogP contribution in [0.5, 0.6) is 0 Å². The molecular formula is C31H27NO4U3. The summed E-state index contributed by atoms with van der Waals surface area (Å²) < 4.78 is 0. The van der Waals surface area contributed by atoms with E-state index in [0.717, 1.165) is 11.6 Å². The Labute approximate surface area is 303 Å². The Hall–Kier alpha value is -1.48. The molecule has 0 bridgehead atoms. The molecule has 0 heterocycles. The molecule has 1 N–H and O–H groups in total. The summed E-state index contributed by atoms with van der Waals surface area (Å²) in [6.07, 6.45) is 8.10. The van der Waals surface area contributed by atoms with Crippen molar-refractivity contribution >= 4 is 30.5 Å². The topological polar surface area (TPSA) is 80.3 Å². The van der Waals surface area contributed by atoms with Gasteiger partial charge in [-0.2, -0.15) is 108 Å². The van der Waals surface area contributed by atoms with Gasteiger partial charge in [0.15, 0.2) is 0 Å². The number of nitrogens with one attached hydrogen (secondary N) is 1. The van der Waals surface area contributed by atoms with Crippen molar-refractivity contribution in [3.63, 3.8) is 0 Å². The van der Waals surface area contributed by atoms with Crippen molar-refractivity contribution in [2.45, 2.75) is 19.8 Å². The number of carbonyl (C=O) groups excluding carboxylic acids is 4. The first kappa shape index (κ1) is 44.5. The molecule has 0 spiro atoms. The molecule has 1 amide bonds. The number of anilines is 1. The quantitative estimate of drug-likeness (QED) is 0.237. The molecule has 0 atom stereocenters. The van der Waals surface area contributed by atoms with Crippen molar-refractivity contribution in [3.05, 3.63) is 128 Å². The summed E-state index contributed by atoms with van der Waals surface area (Å²) in [4.78, 5) is 39.3. The third-order valence-electron chi connectivity index (χ3n) is 3.85. The number of rotatable bonds is 8. The Morgan fingerprint density at radius 3 is 1.72 bits per heavy atom. The van der Waals surface area contributed by atoms with E-state index in [1.54, 1.807) is 25.3 Å². The van der Waals surface area contributed by atoms with Crippen molar-refractivity contribution in [3.8, 4) is 11.1 Å². The van der Waals surface area contributed by atoms with Gasteiger partial charge >= 0.3 is 93.3 Å². The Morgan fingerprint density at radius 1 is 0.897 bits per heavy atom. The maximum Gasteiger partial charge on any atom is 2.00 e. The Kier molecular flexibility index (Phi) is 35.5. The largest absolute Gasteiger partial charge is 2.00 e. The molecule has 0 aliphatic rings. The summed E-state index contributed by atoms with van der Waals surface area (Å²) in [5.74, 6) is -0.273. The Bertz CT molecular complexity index is 1060. The maximum atomic E-state index is 11.0. The first-order valence-electron chi connectivity index (χ1n) is 10.7. The van der Waals surface area contributed by atoms with Crippen LogP contribution >= 0.6 is 0 Å². The summed E-state index contributed by atoms with van der Waals surface area (Å²) in [5.41, 5.74) is 4.45. The molecule has 3 aromatic carbocycles. The van der Waals surface area contributed by atoms with E-state index >= 15 is 0 Å². The fraction of sp³-hybridized carbons (Fsp3) is 0.0968. The third-order valence-corrected chi connectivity index (χ3v) is 3.85. The van der Waals surface area contributed by atoms with Crippen LogP contribution in [0, 0.1) is 112 Å². The van der Waals surface area contributed by atoms with Gasteiger partial charge in [0, 0.05) is 0 Å². The van der Waals surface area contributed by atoms with Crippen LogP contribution in [0.2, 0.25) is 0 Å². The van der Waals surface area contributed by atoms with Gasteiger partial charge in [-0.05, 0) is 18.6 Å². The molecule has 3 rings (SSSR count). The number of benzene rings is 3. The monoisotopic (exact) mass is 1190 g/mol. The molecule has 0 saturated carbocycles. The molecule has 39 heavy (non-hydrogen) atoms. The van der Waals surface area contributed by atoms with Crippen LogP contribution in [0.25, 0.3) is 11.1 Å². The number of hydrogen-bond donors (Lipinski definition) is 1. The van der Waals surface area contributed by atoms with Crippen LogP contribution < -0.4 is 5.32 Å². The van der Waals surface area contributed by atoms with Crippen LogP contribution in [0.4, 0.5) is 5.69 Å². The molecule has 192 valence electrons. The van der Waals surface area contributed by atoms with Gasteiger partial charge < -0.3 is 19.7 Å². The van der Waals surface area contributed by atoms with E-state index in [2.05, 4.69) is 67.5 Å². The van der Waals surface area contributed by atoms with E-state index in [0.29, 0.717) is 24.1 Å². The minimum absolute atomic E-state index is 0. The summed E-state index contributed by atoms with van der Waals surface area (Å²) in [6.45, 7) is 11.3. The van der Waals surface area contributed by atoms with Gasteiger partial charge in [-0.15, -0.1) is 6.07 Å².